The summed E-state index contributed by atoms with van der Waals surface area (Å²) in [6.45, 7) is 0. The van der Waals surface area contributed by atoms with Crippen LogP contribution < -0.4 is 5.46 Å². The molecule has 2 radical (unpaired) electrons. The van der Waals surface area contributed by atoms with Gasteiger partial charge in [0.2, 0.25) is 0 Å². The van der Waals surface area contributed by atoms with E-state index in [2.05, 4.69) is 5.16 Å². The second-order valence-corrected chi connectivity index (χ2v) is 2.03. The van der Waals surface area contributed by atoms with Crippen molar-refractivity contribution < 1.29 is 9.60 Å². The maximum absolute atomic E-state index is 12.7. The van der Waals surface area contributed by atoms with E-state index in [1.54, 1.807) is 0 Å². The molecule has 0 aliphatic carbocycles. The molecule has 0 spiro atoms. The minimum atomic E-state index is -0.461. The highest BCUT2D eigenvalue weighted by molar-refractivity contribution is 6.32. The molecule has 1 aromatic carbocycles. The first-order valence-electron chi connectivity index (χ1n) is 2.96. The molecule has 11 heavy (non-hydrogen) atoms. The van der Waals surface area contributed by atoms with Crippen LogP contribution in [0, 0.1) is 5.82 Å². The fourth-order valence-corrected chi connectivity index (χ4v) is 0.723. The Labute approximate surface area is 64.8 Å². The van der Waals surface area contributed by atoms with Crippen molar-refractivity contribution in [3.8, 4) is 0 Å². The standard InChI is InChI=1S/C7H5BFNO/c8-6-1-2-7(9)5(3-6)4-10-11/h1-4,11H/b10-4-. The van der Waals surface area contributed by atoms with Gasteiger partial charge in [0.05, 0.1) is 6.21 Å². The van der Waals surface area contributed by atoms with Crippen LogP contribution in [0.15, 0.2) is 23.4 Å². The maximum atomic E-state index is 12.7. The Bertz CT molecular complexity index is 288. The van der Waals surface area contributed by atoms with Crippen molar-refractivity contribution in [1.82, 2.24) is 0 Å². The molecule has 0 saturated heterocycles. The molecule has 0 bridgehead atoms. The molecule has 0 aliphatic rings. The summed E-state index contributed by atoms with van der Waals surface area (Å²) < 4.78 is 12.7. The first kappa shape index (κ1) is 7.79. The molecule has 0 aliphatic heterocycles. The summed E-state index contributed by atoms with van der Waals surface area (Å²) in [7, 11) is 5.35. The molecule has 0 amide bonds. The molecule has 0 fully saturated rings. The minimum Gasteiger partial charge on any atom is -0.411 e. The predicted molar refractivity (Wildman–Crippen MR) is 41.2 cm³/mol. The molecule has 54 valence electrons. The van der Waals surface area contributed by atoms with Crippen LogP contribution in [0.25, 0.3) is 0 Å². The molecule has 0 atom stereocenters. The summed E-state index contributed by atoms with van der Waals surface area (Å²) in [5.74, 6) is -0.461. The average Bonchev–Trinajstić information content (AvgIpc) is 1.98. The van der Waals surface area contributed by atoms with Crippen molar-refractivity contribution in [2.24, 2.45) is 5.16 Å². The fourth-order valence-electron chi connectivity index (χ4n) is 0.723. The van der Waals surface area contributed by atoms with Gasteiger partial charge in [0.15, 0.2) is 0 Å². The van der Waals surface area contributed by atoms with Crippen LogP contribution >= 0.6 is 0 Å². The van der Waals surface area contributed by atoms with E-state index in [0.717, 1.165) is 6.21 Å². The van der Waals surface area contributed by atoms with Crippen LogP contribution in [0.2, 0.25) is 0 Å². The molecule has 0 aromatic heterocycles. The zero-order chi connectivity index (χ0) is 8.27. The smallest absolute Gasteiger partial charge is 0.132 e. The van der Waals surface area contributed by atoms with E-state index in [1.165, 1.54) is 18.2 Å². The van der Waals surface area contributed by atoms with E-state index >= 15 is 0 Å². The molecule has 2 nitrogen and oxygen atoms in total. The third kappa shape index (κ3) is 1.80. The molecule has 0 saturated carbocycles. The van der Waals surface area contributed by atoms with Crippen molar-refractivity contribution in [3.05, 3.63) is 29.6 Å². The molecule has 1 N–H and O–H groups in total. The van der Waals surface area contributed by atoms with E-state index < -0.39 is 5.82 Å². The number of halogens is 1. The first-order valence-corrected chi connectivity index (χ1v) is 2.96. The molecule has 4 heteroatoms. The highest BCUT2D eigenvalue weighted by Crippen LogP contribution is 2.00. The largest absolute Gasteiger partial charge is 0.411 e. The van der Waals surface area contributed by atoms with Gasteiger partial charge in [-0.05, 0) is 6.07 Å². The SMILES string of the molecule is [B]c1ccc(F)c(/C=N\O)c1. The molecule has 0 unspecified atom stereocenters. The molecule has 1 rings (SSSR count). The Morgan fingerprint density at radius 1 is 1.55 bits per heavy atom. The maximum Gasteiger partial charge on any atom is 0.132 e. The summed E-state index contributed by atoms with van der Waals surface area (Å²) in [6, 6.07) is 4.03. The number of benzene rings is 1. The second-order valence-electron chi connectivity index (χ2n) is 2.03. The van der Waals surface area contributed by atoms with Crippen LogP contribution in [0.5, 0.6) is 0 Å². The van der Waals surface area contributed by atoms with Crippen molar-refractivity contribution >= 4 is 19.5 Å². The van der Waals surface area contributed by atoms with E-state index in [4.69, 9.17) is 13.1 Å². The summed E-state index contributed by atoms with van der Waals surface area (Å²) in [6.07, 6.45) is 0.992. The van der Waals surface area contributed by atoms with Gasteiger partial charge in [-0.3, -0.25) is 0 Å². The number of hydrogen-bond donors (Lipinski definition) is 1. The number of oxime groups is 1. The van der Waals surface area contributed by atoms with Gasteiger partial charge in [-0.2, -0.15) is 0 Å². The number of rotatable bonds is 1. The third-order valence-electron chi connectivity index (χ3n) is 1.22. The van der Waals surface area contributed by atoms with Gasteiger partial charge in [-0.1, -0.05) is 22.8 Å². The quantitative estimate of drug-likeness (QED) is 0.267. The van der Waals surface area contributed by atoms with Gasteiger partial charge in [0.1, 0.15) is 13.7 Å². The molecule has 0 heterocycles. The van der Waals surface area contributed by atoms with Crippen LogP contribution in [0.1, 0.15) is 5.56 Å². The van der Waals surface area contributed by atoms with Crippen molar-refractivity contribution in [2.45, 2.75) is 0 Å². The van der Waals surface area contributed by atoms with Crippen LogP contribution in [-0.2, 0) is 0 Å². The lowest BCUT2D eigenvalue weighted by molar-refractivity contribution is 0.321. The minimum absolute atomic E-state index is 0.174. The highest BCUT2D eigenvalue weighted by Gasteiger charge is 1.97. The van der Waals surface area contributed by atoms with Crippen molar-refractivity contribution in [2.75, 3.05) is 0 Å². The third-order valence-corrected chi connectivity index (χ3v) is 1.22. The lowest BCUT2D eigenvalue weighted by Gasteiger charge is -1.96. The van der Waals surface area contributed by atoms with Gasteiger partial charge in [0.25, 0.3) is 0 Å². The number of nitrogens with zero attached hydrogens (tertiary/aromatic N) is 1. The Kier molecular flexibility index (Phi) is 2.26. The summed E-state index contributed by atoms with van der Waals surface area (Å²) >= 11 is 0. The zero-order valence-corrected chi connectivity index (χ0v) is 5.66. The Balaban J connectivity index is 3.12. The molecule has 1 aromatic rings. The molecular formula is C7H5BFNO. The normalized spacial score (nSPS) is 10.6. The van der Waals surface area contributed by atoms with Gasteiger partial charge in [-0.15, -0.1) is 0 Å². The lowest BCUT2D eigenvalue weighted by Crippen LogP contribution is -2.04. The van der Waals surface area contributed by atoms with Gasteiger partial charge < -0.3 is 5.21 Å². The van der Waals surface area contributed by atoms with Crippen LogP contribution in [-0.4, -0.2) is 19.3 Å². The van der Waals surface area contributed by atoms with E-state index in [1.807, 2.05) is 0 Å². The van der Waals surface area contributed by atoms with E-state index in [9.17, 15) is 4.39 Å². The zero-order valence-electron chi connectivity index (χ0n) is 5.66. The van der Waals surface area contributed by atoms with E-state index in [0.29, 0.717) is 5.46 Å². The van der Waals surface area contributed by atoms with Crippen molar-refractivity contribution in [3.63, 3.8) is 0 Å². The number of hydrogen-bond acceptors (Lipinski definition) is 2. The lowest BCUT2D eigenvalue weighted by atomic mass is 9.94. The summed E-state index contributed by atoms with van der Waals surface area (Å²) in [4.78, 5) is 0. The van der Waals surface area contributed by atoms with Gasteiger partial charge in [0, 0.05) is 5.56 Å². The Morgan fingerprint density at radius 3 is 2.91 bits per heavy atom. The second kappa shape index (κ2) is 3.19. The fraction of sp³-hybridized carbons (Fsp3) is 0. The van der Waals surface area contributed by atoms with Gasteiger partial charge in [-0.25, -0.2) is 4.39 Å². The first-order chi connectivity index (χ1) is 5.24. The summed E-state index contributed by atoms with van der Waals surface area (Å²) in [5, 5.41) is 10.8. The van der Waals surface area contributed by atoms with E-state index in [-0.39, 0.29) is 5.56 Å². The Hall–Kier alpha value is -1.32. The topological polar surface area (TPSA) is 32.6 Å². The predicted octanol–water partition coefficient (Wildman–Crippen LogP) is 0.428. The van der Waals surface area contributed by atoms with Crippen molar-refractivity contribution in [1.29, 1.82) is 0 Å². The summed E-state index contributed by atoms with van der Waals surface area (Å²) in [5.41, 5.74) is 0.605. The average molecular weight is 149 g/mol. The monoisotopic (exact) mass is 149 g/mol. The van der Waals surface area contributed by atoms with Gasteiger partial charge >= 0.3 is 0 Å². The van der Waals surface area contributed by atoms with Crippen LogP contribution in [0.4, 0.5) is 4.39 Å². The Morgan fingerprint density at radius 2 is 2.27 bits per heavy atom. The molecular weight excluding hydrogens is 144 g/mol. The highest BCUT2D eigenvalue weighted by atomic mass is 19.1. The van der Waals surface area contributed by atoms with Crippen LogP contribution in [0.3, 0.4) is 0 Å².